The second-order valence-corrected chi connectivity index (χ2v) is 11.5. The van der Waals surface area contributed by atoms with Crippen LogP contribution in [0.2, 0.25) is 5.02 Å². The van der Waals surface area contributed by atoms with E-state index in [1.165, 1.54) is 11.1 Å². The highest BCUT2D eigenvalue weighted by atomic mass is 35.5. The summed E-state index contributed by atoms with van der Waals surface area (Å²) in [7, 11) is 0. The van der Waals surface area contributed by atoms with Gasteiger partial charge >= 0.3 is 5.97 Å². The molecule has 2 aliphatic carbocycles. The lowest BCUT2D eigenvalue weighted by molar-refractivity contribution is -0.172. The van der Waals surface area contributed by atoms with Gasteiger partial charge in [-0.05, 0) is 73.3 Å². The van der Waals surface area contributed by atoms with E-state index in [9.17, 15) is 19.8 Å². The number of carbonyl (C=O) groups excluding carboxylic acids is 1. The Balaban J connectivity index is 1.42. The van der Waals surface area contributed by atoms with Crippen LogP contribution in [0.4, 0.5) is 0 Å². The van der Waals surface area contributed by atoms with Crippen LogP contribution in [-0.2, 0) is 47.7 Å². The number of aryl methyl sites for hydroxylation is 1. The van der Waals surface area contributed by atoms with E-state index in [4.69, 9.17) is 21.3 Å². The minimum atomic E-state index is -1.87. The fourth-order valence-corrected chi connectivity index (χ4v) is 6.92. The van der Waals surface area contributed by atoms with Crippen LogP contribution in [0.15, 0.2) is 16.9 Å². The number of fused-ring (bicyclic) bond motifs is 7. The van der Waals surface area contributed by atoms with E-state index in [1.807, 2.05) is 6.07 Å². The van der Waals surface area contributed by atoms with E-state index in [1.54, 1.807) is 17.6 Å². The van der Waals surface area contributed by atoms with Crippen LogP contribution >= 0.6 is 11.6 Å². The van der Waals surface area contributed by atoms with Gasteiger partial charge in [-0.1, -0.05) is 18.5 Å². The van der Waals surface area contributed by atoms with Crippen LogP contribution in [0.1, 0.15) is 66.0 Å². The molecule has 3 aromatic rings. The molecule has 2 atom stereocenters. The molecule has 0 amide bonds. The summed E-state index contributed by atoms with van der Waals surface area (Å²) < 4.78 is 6.89. The summed E-state index contributed by atoms with van der Waals surface area (Å²) in [5.74, 6) is -0.357. The molecule has 0 radical (unpaired) electrons. The lowest BCUT2D eigenvalue weighted by Crippen LogP contribution is -2.44. The van der Waals surface area contributed by atoms with Crippen LogP contribution in [0, 0.1) is 5.92 Å². The van der Waals surface area contributed by atoms with Crippen molar-refractivity contribution in [3.63, 3.8) is 0 Å². The number of benzene rings is 1. The Morgan fingerprint density at radius 1 is 1.21 bits per heavy atom. The summed E-state index contributed by atoms with van der Waals surface area (Å²) >= 11 is 6.70. The van der Waals surface area contributed by atoms with Crippen molar-refractivity contribution in [3.05, 3.63) is 60.9 Å². The predicted molar refractivity (Wildman–Crippen MR) is 142 cm³/mol. The van der Waals surface area contributed by atoms with Gasteiger partial charge in [-0.3, -0.25) is 4.79 Å². The number of hydrogen-bond acceptors (Lipinski definition) is 7. The zero-order valence-electron chi connectivity index (χ0n) is 21.3. The molecule has 198 valence electrons. The third-order valence-corrected chi connectivity index (χ3v) is 9.27. The van der Waals surface area contributed by atoms with Crippen LogP contribution < -0.4 is 10.9 Å². The molecule has 0 saturated heterocycles. The number of halogens is 1. The smallest absolute Gasteiger partial charge is 0.343 e. The van der Waals surface area contributed by atoms with Gasteiger partial charge in [-0.25, -0.2) is 9.78 Å². The summed E-state index contributed by atoms with van der Waals surface area (Å²) in [6.45, 7) is 2.92. The zero-order chi connectivity index (χ0) is 26.3. The van der Waals surface area contributed by atoms with E-state index in [-0.39, 0.29) is 24.7 Å². The number of hydrogen-bond donors (Lipinski definition) is 3. The van der Waals surface area contributed by atoms with Crippen molar-refractivity contribution in [1.82, 2.24) is 14.9 Å². The summed E-state index contributed by atoms with van der Waals surface area (Å²) in [6, 6.07) is 3.66. The van der Waals surface area contributed by atoms with E-state index in [0.29, 0.717) is 53.1 Å². The number of ether oxygens (including phenoxy) is 1. The predicted octanol–water partition coefficient (Wildman–Crippen LogP) is 3.08. The molecule has 0 spiro atoms. The molecule has 38 heavy (non-hydrogen) atoms. The maximum Gasteiger partial charge on any atom is 0.343 e. The lowest BCUT2D eigenvalue weighted by atomic mass is 9.86. The molecule has 7 rings (SSSR count). The molecule has 1 saturated carbocycles. The van der Waals surface area contributed by atoms with Crippen molar-refractivity contribution >= 4 is 28.5 Å². The zero-order valence-corrected chi connectivity index (χ0v) is 22.0. The summed E-state index contributed by atoms with van der Waals surface area (Å²) in [5, 5.41) is 26.9. The molecule has 1 fully saturated rings. The maximum atomic E-state index is 13.7. The van der Waals surface area contributed by atoms with Gasteiger partial charge in [0.1, 0.15) is 6.61 Å². The number of nitrogens with one attached hydrogen (secondary N) is 1. The average Bonchev–Trinajstić information content (AvgIpc) is 3.52. The number of aliphatic hydroxyl groups is 2. The quantitative estimate of drug-likeness (QED) is 0.325. The number of carbonyl (C=O) groups is 1. The fraction of sp³-hybridized carbons (Fsp3) is 0.483. The van der Waals surface area contributed by atoms with Gasteiger partial charge < -0.3 is 24.8 Å². The lowest BCUT2D eigenvalue weighted by Gasteiger charge is -2.31. The van der Waals surface area contributed by atoms with Crippen molar-refractivity contribution < 1.29 is 19.7 Å². The summed E-state index contributed by atoms with van der Waals surface area (Å²) in [4.78, 5) is 31.2. The van der Waals surface area contributed by atoms with Crippen LogP contribution in [0.25, 0.3) is 22.3 Å². The van der Waals surface area contributed by atoms with Gasteiger partial charge in [0, 0.05) is 34.6 Å². The minimum Gasteiger partial charge on any atom is -0.458 e. The number of aliphatic hydroxyl groups excluding tert-OH is 1. The van der Waals surface area contributed by atoms with Crippen molar-refractivity contribution in [2.45, 2.75) is 76.9 Å². The molecule has 3 N–H and O–H groups in total. The number of cyclic esters (lactones) is 1. The Hall–Kier alpha value is -2.78. The first-order valence-electron chi connectivity index (χ1n) is 13.5. The Morgan fingerprint density at radius 3 is 2.76 bits per heavy atom. The molecule has 9 heteroatoms. The number of nitrogens with zero attached hydrogens (tertiary/aromatic N) is 2. The molecular weight excluding hydrogens is 506 g/mol. The molecule has 2 aliphatic heterocycles. The SMILES string of the molecule is CC[C@@]1(O)C(=O)OCc2c1cc1n(c2=O)Cc2c-1nc1cc(Cl)c3c(c1c2CNCC(O)C1CC1)CCC3. The number of aromatic nitrogens is 2. The van der Waals surface area contributed by atoms with Gasteiger partial charge in [-0.15, -0.1) is 0 Å². The molecular formula is C29H30ClN3O5. The van der Waals surface area contributed by atoms with Gasteiger partial charge in [0.25, 0.3) is 5.56 Å². The number of pyridine rings is 2. The Labute approximate surface area is 224 Å². The van der Waals surface area contributed by atoms with Crippen LogP contribution in [-0.4, -0.2) is 38.4 Å². The highest BCUT2D eigenvalue weighted by Crippen LogP contribution is 2.43. The van der Waals surface area contributed by atoms with E-state index >= 15 is 0 Å². The molecule has 1 unspecified atom stereocenters. The van der Waals surface area contributed by atoms with E-state index in [2.05, 4.69) is 5.32 Å². The first-order valence-corrected chi connectivity index (χ1v) is 13.9. The van der Waals surface area contributed by atoms with Crippen molar-refractivity contribution in [2.24, 2.45) is 5.92 Å². The fourth-order valence-electron chi connectivity index (χ4n) is 6.60. The summed E-state index contributed by atoms with van der Waals surface area (Å²) in [6.07, 6.45) is 4.77. The molecule has 8 nitrogen and oxygen atoms in total. The molecule has 4 heterocycles. The molecule has 0 bridgehead atoms. The monoisotopic (exact) mass is 535 g/mol. The largest absolute Gasteiger partial charge is 0.458 e. The Kier molecular flexibility index (Phi) is 5.50. The third-order valence-electron chi connectivity index (χ3n) is 8.93. The normalized spacial score (nSPS) is 22.2. The van der Waals surface area contributed by atoms with E-state index < -0.39 is 11.6 Å². The number of rotatable bonds is 6. The molecule has 1 aromatic carbocycles. The minimum absolute atomic E-state index is 0.0972. The van der Waals surface area contributed by atoms with Crippen molar-refractivity contribution in [1.29, 1.82) is 0 Å². The Bertz CT molecular complexity index is 1590. The second-order valence-electron chi connectivity index (χ2n) is 11.1. The first-order chi connectivity index (χ1) is 18.3. The van der Waals surface area contributed by atoms with Gasteiger partial charge in [0.2, 0.25) is 0 Å². The maximum absolute atomic E-state index is 13.7. The van der Waals surface area contributed by atoms with Gasteiger partial charge in [0.05, 0.1) is 35.1 Å². The Morgan fingerprint density at radius 2 is 2.00 bits per heavy atom. The second kappa shape index (κ2) is 8.61. The topological polar surface area (TPSA) is 114 Å². The highest BCUT2D eigenvalue weighted by molar-refractivity contribution is 6.32. The van der Waals surface area contributed by atoms with Crippen molar-refractivity contribution in [3.8, 4) is 11.4 Å². The van der Waals surface area contributed by atoms with E-state index in [0.717, 1.165) is 54.1 Å². The van der Waals surface area contributed by atoms with Crippen LogP contribution in [0.5, 0.6) is 0 Å². The van der Waals surface area contributed by atoms with Crippen molar-refractivity contribution in [2.75, 3.05) is 6.54 Å². The molecule has 4 aliphatic rings. The number of esters is 1. The van der Waals surface area contributed by atoms with Crippen LogP contribution in [0.3, 0.4) is 0 Å². The van der Waals surface area contributed by atoms with Gasteiger partial charge in [-0.2, -0.15) is 0 Å². The average molecular weight is 536 g/mol. The standard InChI is InChI=1S/C29H30ClN3O5/c1-2-29(37)20-8-23-26-18(12-33(23)27(35)19(20)13-38-28(29)36)17(10-31-11-24(34)14-6-7-14)25-16-5-3-4-15(16)21(30)9-22(25)32-26/h8-9,14,24,31,34,37H,2-7,10-13H2,1H3/t24?,29-/m0/s1. The summed E-state index contributed by atoms with van der Waals surface area (Å²) in [5.41, 5.74) is 4.93. The third kappa shape index (κ3) is 3.43. The molecule has 2 aromatic heterocycles. The van der Waals surface area contributed by atoms with Gasteiger partial charge in [0.15, 0.2) is 5.60 Å². The highest BCUT2D eigenvalue weighted by Gasteiger charge is 2.45. The first kappa shape index (κ1) is 24.3.